The molecular weight excluding hydrogens is 377 g/mol. The molecule has 0 radical (unpaired) electrons. The van der Waals surface area contributed by atoms with Crippen LogP contribution in [0.3, 0.4) is 0 Å². The van der Waals surface area contributed by atoms with Gasteiger partial charge in [0.1, 0.15) is 0 Å². The highest BCUT2D eigenvalue weighted by molar-refractivity contribution is 6.35. The van der Waals surface area contributed by atoms with Crippen LogP contribution in [-0.2, 0) is 9.59 Å². The molecule has 2 N–H and O–H groups in total. The van der Waals surface area contributed by atoms with Crippen LogP contribution in [0.5, 0.6) is 0 Å². The number of likely N-dealkylation sites (N-methyl/N-ethyl adjacent to an activating group) is 1. The fourth-order valence-corrected chi connectivity index (χ4v) is 4.18. The molecule has 0 unspecified atom stereocenters. The maximum absolute atomic E-state index is 12.5. The number of hydrogen-bond acceptors (Lipinski definition) is 3. The normalized spacial score (nSPS) is 24.6. The van der Waals surface area contributed by atoms with Crippen molar-refractivity contribution < 1.29 is 14.4 Å². The van der Waals surface area contributed by atoms with E-state index in [1.54, 1.807) is 24.1 Å². The van der Waals surface area contributed by atoms with Crippen LogP contribution in [0, 0.1) is 11.8 Å². The number of rotatable bonds is 4. The van der Waals surface area contributed by atoms with Crippen LogP contribution in [0.4, 0.5) is 0 Å². The van der Waals surface area contributed by atoms with Crippen molar-refractivity contribution in [1.82, 2.24) is 15.5 Å². The Morgan fingerprint density at radius 1 is 1.27 bits per heavy atom. The van der Waals surface area contributed by atoms with Crippen molar-refractivity contribution in [2.75, 3.05) is 20.1 Å². The smallest absolute Gasteiger partial charge is 0.253 e. The van der Waals surface area contributed by atoms with Crippen LogP contribution in [0.1, 0.15) is 29.6 Å². The van der Waals surface area contributed by atoms with E-state index >= 15 is 0 Å². The van der Waals surface area contributed by atoms with Gasteiger partial charge >= 0.3 is 0 Å². The molecule has 3 atom stereocenters. The molecule has 0 bridgehead atoms. The van der Waals surface area contributed by atoms with E-state index in [0.29, 0.717) is 29.8 Å². The molecule has 8 heteroatoms. The lowest BCUT2D eigenvalue weighted by molar-refractivity contribution is -0.130. The second-order valence-corrected chi connectivity index (χ2v) is 7.81. The first-order valence-corrected chi connectivity index (χ1v) is 9.36. The predicted molar refractivity (Wildman–Crippen MR) is 99.2 cm³/mol. The Bertz CT molecular complexity index is 740. The largest absolute Gasteiger partial charge is 0.356 e. The Labute approximate surface area is 162 Å². The zero-order valence-corrected chi connectivity index (χ0v) is 15.9. The summed E-state index contributed by atoms with van der Waals surface area (Å²) >= 11 is 11.9. The third-order valence-corrected chi connectivity index (χ3v) is 5.90. The van der Waals surface area contributed by atoms with Gasteiger partial charge in [-0.2, -0.15) is 0 Å². The molecule has 2 fully saturated rings. The first-order valence-electron chi connectivity index (χ1n) is 8.60. The SMILES string of the molecule is CN(C(=O)CNC(=O)c1cc(Cl)ccc1Cl)[C@H]1C[C@H]2CC(=O)NC[C@H]2C1. The average Bonchev–Trinajstić information content (AvgIpc) is 3.03. The summed E-state index contributed by atoms with van der Waals surface area (Å²) in [5, 5.41) is 6.17. The van der Waals surface area contributed by atoms with Crippen molar-refractivity contribution in [3.05, 3.63) is 33.8 Å². The molecule has 26 heavy (non-hydrogen) atoms. The lowest BCUT2D eigenvalue weighted by Gasteiger charge is -2.25. The zero-order valence-electron chi connectivity index (χ0n) is 14.4. The molecule has 1 aromatic rings. The van der Waals surface area contributed by atoms with E-state index in [9.17, 15) is 14.4 Å². The summed E-state index contributed by atoms with van der Waals surface area (Å²) in [6, 6.07) is 4.71. The van der Waals surface area contributed by atoms with Crippen molar-refractivity contribution in [2.24, 2.45) is 11.8 Å². The third-order valence-electron chi connectivity index (χ3n) is 5.34. The summed E-state index contributed by atoms with van der Waals surface area (Å²) in [5.41, 5.74) is 0.242. The molecule has 1 aromatic carbocycles. The second kappa shape index (κ2) is 7.84. The highest BCUT2D eigenvalue weighted by atomic mass is 35.5. The van der Waals surface area contributed by atoms with Gasteiger partial charge in [0.05, 0.1) is 17.1 Å². The van der Waals surface area contributed by atoms with Crippen LogP contribution in [0.2, 0.25) is 10.0 Å². The molecule has 6 nitrogen and oxygen atoms in total. The maximum atomic E-state index is 12.5. The van der Waals surface area contributed by atoms with Crippen LogP contribution in [-0.4, -0.2) is 48.8 Å². The first kappa shape index (κ1) is 19.0. The first-order chi connectivity index (χ1) is 12.3. The lowest BCUT2D eigenvalue weighted by Crippen LogP contribution is -2.42. The molecule has 3 rings (SSSR count). The molecular formula is C18H21Cl2N3O3. The number of fused-ring (bicyclic) bond motifs is 1. The van der Waals surface area contributed by atoms with E-state index < -0.39 is 5.91 Å². The number of hydrogen-bond donors (Lipinski definition) is 2. The molecule has 1 aliphatic carbocycles. The quantitative estimate of drug-likeness (QED) is 0.816. The fraction of sp³-hybridized carbons (Fsp3) is 0.500. The van der Waals surface area contributed by atoms with Crippen LogP contribution in [0.25, 0.3) is 0 Å². The van der Waals surface area contributed by atoms with E-state index in [2.05, 4.69) is 10.6 Å². The Kier molecular flexibility index (Phi) is 5.73. The number of benzene rings is 1. The maximum Gasteiger partial charge on any atom is 0.253 e. The second-order valence-electron chi connectivity index (χ2n) is 6.97. The zero-order chi connectivity index (χ0) is 18.8. The molecule has 0 spiro atoms. The fourth-order valence-electron chi connectivity index (χ4n) is 3.80. The Morgan fingerprint density at radius 2 is 2.00 bits per heavy atom. The summed E-state index contributed by atoms with van der Waals surface area (Å²) < 4.78 is 0. The van der Waals surface area contributed by atoms with Crippen molar-refractivity contribution in [3.8, 4) is 0 Å². The van der Waals surface area contributed by atoms with Crippen molar-refractivity contribution in [3.63, 3.8) is 0 Å². The Balaban J connectivity index is 1.54. The number of piperidine rings is 1. The van der Waals surface area contributed by atoms with Crippen LogP contribution in [0.15, 0.2) is 18.2 Å². The van der Waals surface area contributed by atoms with Gasteiger partial charge in [-0.1, -0.05) is 23.2 Å². The molecule has 2 aliphatic rings. The van der Waals surface area contributed by atoms with E-state index in [1.165, 1.54) is 6.07 Å². The molecule has 3 amide bonds. The summed E-state index contributed by atoms with van der Waals surface area (Å²) in [7, 11) is 1.75. The van der Waals surface area contributed by atoms with Gasteiger partial charge in [-0.3, -0.25) is 14.4 Å². The third kappa shape index (κ3) is 4.13. The highest BCUT2D eigenvalue weighted by Crippen LogP contribution is 2.38. The summed E-state index contributed by atoms with van der Waals surface area (Å²) in [6.45, 7) is 0.577. The highest BCUT2D eigenvalue weighted by Gasteiger charge is 2.40. The predicted octanol–water partition coefficient (Wildman–Crippen LogP) is 2.10. The van der Waals surface area contributed by atoms with Gasteiger partial charge in [-0.05, 0) is 42.9 Å². The van der Waals surface area contributed by atoms with E-state index in [4.69, 9.17) is 23.2 Å². The van der Waals surface area contributed by atoms with Crippen molar-refractivity contribution >= 4 is 40.9 Å². The van der Waals surface area contributed by atoms with Gasteiger partial charge in [-0.15, -0.1) is 0 Å². The summed E-state index contributed by atoms with van der Waals surface area (Å²) in [6.07, 6.45) is 2.24. The molecule has 0 aromatic heterocycles. The molecule has 140 valence electrons. The molecule has 1 heterocycles. The number of carbonyl (C=O) groups excluding carboxylic acids is 3. The monoisotopic (exact) mass is 397 g/mol. The standard InChI is InChI=1S/C18H21Cl2N3O3/c1-23(13-4-10-6-16(24)21-8-11(10)5-13)17(25)9-22-18(26)14-7-12(19)2-3-15(14)20/h2-3,7,10-11,13H,4-6,8-9H2,1H3,(H,21,24)(H,22,26)/t10-,11+,13-/m0/s1. The minimum absolute atomic E-state index is 0.0894. The molecule has 1 aliphatic heterocycles. The van der Waals surface area contributed by atoms with E-state index in [-0.39, 0.29) is 35.0 Å². The average molecular weight is 398 g/mol. The van der Waals surface area contributed by atoms with Crippen molar-refractivity contribution in [2.45, 2.75) is 25.3 Å². The van der Waals surface area contributed by atoms with E-state index in [1.807, 2.05) is 0 Å². The number of nitrogens with one attached hydrogen (secondary N) is 2. The minimum Gasteiger partial charge on any atom is -0.356 e. The number of nitrogens with zero attached hydrogens (tertiary/aromatic N) is 1. The summed E-state index contributed by atoms with van der Waals surface area (Å²) in [4.78, 5) is 37.9. The summed E-state index contributed by atoms with van der Waals surface area (Å²) in [5.74, 6) is 0.247. The lowest BCUT2D eigenvalue weighted by atomic mass is 9.89. The van der Waals surface area contributed by atoms with Crippen LogP contribution < -0.4 is 10.6 Å². The van der Waals surface area contributed by atoms with Gasteiger partial charge in [0.15, 0.2) is 0 Å². The van der Waals surface area contributed by atoms with Gasteiger partial charge in [-0.25, -0.2) is 0 Å². The van der Waals surface area contributed by atoms with Crippen molar-refractivity contribution in [1.29, 1.82) is 0 Å². The minimum atomic E-state index is -0.436. The number of amides is 3. The molecule has 1 saturated carbocycles. The van der Waals surface area contributed by atoms with E-state index in [0.717, 1.165) is 12.8 Å². The number of carbonyl (C=O) groups is 3. The number of halogens is 2. The molecule has 1 saturated heterocycles. The Hall–Kier alpha value is -1.79. The topological polar surface area (TPSA) is 78.5 Å². The van der Waals surface area contributed by atoms with Crippen LogP contribution >= 0.6 is 23.2 Å². The van der Waals surface area contributed by atoms with Gasteiger partial charge in [0.25, 0.3) is 5.91 Å². The van der Waals surface area contributed by atoms with Gasteiger partial charge in [0, 0.05) is 31.1 Å². The van der Waals surface area contributed by atoms with Gasteiger partial charge in [0.2, 0.25) is 11.8 Å². The van der Waals surface area contributed by atoms with Gasteiger partial charge < -0.3 is 15.5 Å². The Morgan fingerprint density at radius 3 is 2.77 bits per heavy atom.